The Morgan fingerprint density at radius 2 is 2.30 bits per heavy atom. The van der Waals surface area contributed by atoms with Crippen molar-refractivity contribution in [2.75, 3.05) is 0 Å². The summed E-state index contributed by atoms with van der Waals surface area (Å²) in [6, 6.07) is 0. The Labute approximate surface area is 62.8 Å². The van der Waals surface area contributed by atoms with E-state index in [9.17, 15) is 5.11 Å². The third-order valence-corrected chi connectivity index (χ3v) is 2.14. The van der Waals surface area contributed by atoms with E-state index in [1.165, 1.54) is 12.8 Å². The second kappa shape index (κ2) is 3.65. The van der Waals surface area contributed by atoms with Crippen LogP contribution < -0.4 is 0 Å². The normalized spacial score (nSPS) is 28.5. The first-order chi connectivity index (χ1) is 4.79. The highest BCUT2D eigenvalue weighted by Crippen LogP contribution is 2.19. The molecule has 1 rings (SSSR count). The van der Waals surface area contributed by atoms with Crippen LogP contribution in [0.15, 0.2) is 11.8 Å². The van der Waals surface area contributed by atoms with Gasteiger partial charge in [0.25, 0.3) is 0 Å². The molecule has 0 aromatic carbocycles. The summed E-state index contributed by atoms with van der Waals surface area (Å²) in [6.07, 6.45) is 7.69. The van der Waals surface area contributed by atoms with E-state index in [2.05, 4.69) is 6.92 Å². The van der Waals surface area contributed by atoms with Crippen molar-refractivity contribution in [1.82, 2.24) is 0 Å². The van der Waals surface area contributed by atoms with E-state index < -0.39 is 0 Å². The summed E-state index contributed by atoms with van der Waals surface area (Å²) in [4.78, 5) is 0. The summed E-state index contributed by atoms with van der Waals surface area (Å²) >= 11 is 0. The minimum Gasteiger partial charge on any atom is -0.513 e. The monoisotopic (exact) mass is 140 g/mol. The average molecular weight is 140 g/mol. The van der Waals surface area contributed by atoms with Gasteiger partial charge < -0.3 is 5.11 Å². The highest BCUT2D eigenvalue weighted by Gasteiger charge is 2.04. The molecule has 10 heavy (non-hydrogen) atoms. The molecule has 1 nitrogen and oxygen atoms in total. The maximum Gasteiger partial charge on any atom is 0.0882 e. The van der Waals surface area contributed by atoms with Crippen LogP contribution >= 0.6 is 0 Å². The zero-order chi connectivity index (χ0) is 7.40. The predicted octanol–water partition coefficient (Wildman–Crippen LogP) is 3.03. The molecular weight excluding hydrogens is 124 g/mol. The number of rotatable bonds is 0. The maximum atomic E-state index is 9.19. The van der Waals surface area contributed by atoms with Crippen LogP contribution in [0.4, 0.5) is 0 Å². The van der Waals surface area contributed by atoms with Gasteiger partial charge in [-0.1, -0.05) is 19.8 Å². The summed E-state index contributed by atoms with van der Waals surface area (Å²) in [5.74, 6) is 1.37. The Bertz CT molecular complexity index is 127. The topological polar surface area (TPSA) is 20.2 Å². The molecule has 0 saturated heterocycles. The molecule has 0 amide bonds. The van der Waals surface area contributed by atoms with Gasteiger partial charge in [0.05, 0.1) is 5.76 Å². The fourth-order valence-electron chi connectivity index (χ4n) is 1.36. The van der Waals surface area contributed by atoms with Gasteiger partial charge in [-0.25, -0.2) is 0 Å². The van der Waals surface area contributed by atoms with Gasteiger partial charge in [-0.2, -0.15) is 0 Å². The van der Waals surface area contributed by atoms with Gasteiger partial charge in [0.15, 0.2) is 0 Å². The van der Waals surface area contributed by atoms with Crippen molar-refractivity contribution in [1.29, 1.82) is 0 Å². The molecule has 1 aliphatic carbocycles. The molecule has 0 aromatic heterocycles. The highest BCUT2D eigenvalue weighted by atomic mass is 16.3. The lowest BCUT2D eigenvalue weighted by Gasteiger charge is -2.11. The lowest BCUT2D eigenvalue weighted by atomic mass is 9.96. The third-order valence-electron chi connectivity index (χ3n) is 2.14. The summed E-state index contributed by atoms with van der Waals surface area (Å²) in [7, 11) is 0. The number of hydrogen-bond donors (Lipinski definition) is 1. The Morgan fingerprint density at radius 3 is 3.10 bits per heavy atom. The van der Waals surface area contributed by atoms with E-state index in [0.717, 1.165) is 25.2 Å². The first-order valence-electron chi connectivity index (χ1n) is 4.17. The Morgan fingerprint density at radius 1 is 1.50 bits per heavy atom. The summed E-state index contributed by atoms with van der Waals surface area (Å²) < 4.78 is 0. The largest absolute Gasteiger partial charge is 0.513 e. The van der Waals surface area contributed by atoms with Crippen molar-refractivity contribution < 1.29 is 5.11 Å². The van der Waals surface area contributed by atoms with Crippen molar-refractivity contribution in [3.63, 3.8) is 0 Å². The standard InChI is InChI=1S/C9H16O/c1-8-4-2-3-5-9(10)7-6-8/h7-8,10H,2-6H2,1H3. The van der Waals surface area contributed by atoms with E-state index in [-0.39, 0.29) is 0 Å². The fourth-order valence-corrected chi connectivity index (χ4v) is 1.36. The second-order valence-electron chi connectivity index (χ2n) is 3.28. The van der Waals surface area contributed by atoms with E-state index in [4.69, 9.17) is 0 Å². The lowest BCUT2D eigenvalue weighted by Crippen LogP contribution is -1.97. The van der Waals surface area contributed by atoms with Crippen LogP contribution in [0, 0.1) is 5.92 Å². The summed E-state index contributed by atoms with van der Waals surface area (Å²) in [5, 5.41) is 9.19. The average Bonchev–Trinajstić information content (AvgIpc) is 1.90. The van der Waals surface area contributed by atoms with Gasteiger partial charge in [0, 0.05) is 6.42 Å². The van der Waals surface area contributed by atoms with Crippen LogP contribution in [-0.2, 0) is 0 Å². The van der Waals surface area contributed by atoms with Crippen molar-refractivity contribution >= 4 is 0 Å². The molecule has 1 atom stereocenters. The number of hydrogen-bond acceptors (Lipinski definition) is 1. The van der Waals surface area contributed by atoms with E-state index >= 15 is 0 Å². The zero-order valence-electron chi connectivity index (χ0n) is 6.64. The SMILES string of the molecule is CC1CC=C(O)CCCC1. The molecule has 0 radical (unpaired) electrons. The van der Waals surface area contributed by atoms with Gasteiger partial charge in [0.2, 0.25) is 0 Å². The van der Waals surface area contributed by atoms with Gasteiger partial charge in [-0.05, 0) is 24.8 Å². The van der Waals surface area contributed by atoms with Crippen LogP contribution in [0.3, 0.4) is 0 Å². The Kier molecular flexibility index (Phi) is 2.79. The Hall–Kier alpha value is -0.460. The smallest absolute Gasteiger partial charge is 0.0882 e. The predicted molar refractivity (Wildman–Crippen MR) is 43.0 cm³/mol. The van der Waals surface area contributed by atoms with Crippen LogP contribution in [0.2, 0.25) is 0 Å². The highest BCUT2D eigenvalue weighted by molar-refractivity contribution is 4.92. The van der Waals surface area contributed by atoms with Crippen molar-refractivity contribution in [2.45, 2.75) is 39.0 Å². The molecule has 1 aliphatic rings. The number of aliphatic hydroxyl groups is 1. The fraction of sp³-hybridized carbons (Fsp3) is 0.778. The van der Waals surface area contributed by atoms with Crippen molar-refractivity contribution in [2.24, 2.45) is 5.92 Å². The van der Waals surface area contributed by atoms with Gasteiger partial charge >= 0.3 is 0 Å². The molecule has 58 valence electrons. The van der Waals surface area contributed by atoms with E-state index in [0.29, 0.717) is 5.76 Å². The second-order valence-corrected chi connectivity index (χ2v) is 3.28. The molecule has 1 N–H and O–H groups in total. The Balaban J connectivity index is 2.42. The summed E-state index contributed by atoms with van der Waals surface area (Å²) in [6.45, 7) is 2.25. The van der Waals surface area contributed by atoms with Crippen molar-refractivity contribution in [3.8, 4) is 0 Å². The minimum atomic E-state index is 0.603. The van der Waals surface area contributed by atoms with Gasteiger partial charge in [-0.3, -0.25) is 0 Å². The molecule has 0 fully saturated rings. The minimum absolute atomic E-state index is 0.603. The molecule has 0 heterocycles. The first-order valence-corrected chi connectivity index (χ1v) is 4.17. The molecule has 0 aromatic rings. The van der Waals surface area contributed by atoms with Crippen LogP contribution in [0.1, 0.15) is 39.0 Å². The van der Waals surface area contributed by atoms with E-state index in [1.54, 1.807) is 0 Å². The summed E-state index contributed by atoms with van der Waals surface area (Å²) in [5.41, 5.74) is 0. The third kappa shape index (κ3) is 2.42. The van der Waals surface area contributed by atoms with Crippen LogP contribution in [-0.4, -0.2) is 5.11 Å². The molecule has 1 unspecified atom stereocenters. The van der Waals surface area contributed by atoms with E-state index in [1.807, 2.05) is 6.08 Å². The van der Waals surface area contributed by atoms with Gasteiger partial charge in [-0.15, -0.1) is 0 Å². The van der Waals surface area contributed by atoms with Crippen molar-refractivity contribution in [3.05, 3.63) is 11.8 Å². The maximum absolute atomic E-state index is 9.19. The van der Waals surface area contributed by atoms with Crippen LogP contribution in [0.5, 0.6) is 0 Å². The quantitative estimate of drug-likeness (QED) is 0.548. The lowest BCUT2D eigenvalue weighted by molar-refractivity contribution is 0.359. The molecule has 0 saturated carbocycles. The zero-order valence-corrected chi connectivity index (χ0v) is 6.64. The van der Waals surface area contributed by atoms with Gasteiger partial charge in [0.1, 0.15) is 0 Å². The van der Waals surface area contributed by atoms with Crippen LogP contribution in [0.25, 0.3) is 0 Å². The first kappa shape index (κ1) is 7.64. The molecule has 0 spiro atoms. The number of aliphatic hydroxyl groups excluding tert-OH is 1. The molecule has 1 heteroatoms. The molecule has 0 bridgehead atoms. The number of allylic oxidation sites excluding steroid dienone is 2. The molecule has 0 aliphatic heterocycles. The molecular formula is C9H16O.